The summed E-state index contributed by atoms with van der Waals surface area (Å²) in [6.07, 6.45) is 0. The molecule has 3 rings (SSSR count). The third kappa shape index (κ3) is 4.06. The van der Waals surface area contributed by atoms with E-state index in [1.54, 1.807) is 6.92 Å². The summed E-state index contributed by atoms with van der Waals surface area (Å²) < 4.78 is 34.3. The normalized spacial score (nSPS) is 11.8. The Labute approximate surface area is 161 Å². The lowest BCUT2D eigenvalue weighted by Crippen LogP contribution is -2.23. The molecule has 0 bridgehead atoms. The summed E-state index contributed by atoms with van der Waals surface area (Å²) in [5.74, 6) is -2.72. The van der Waals surface area contributed by atoms with Crippen LogP contribution in [0.3, 0.4) is 0 Å². The first-order valence-corrected chi connectivity index (χ1v) is 9.07. The fourth-order valence-corrected chi connectivity index (χ4v) is 3.76. The van der Waals surface area contributed by atoms with Crippen molar-refractivity contribution in [3.8, 4) is 0 Å². The second kappa shape index (κ2) is 7.98. The lowest BCUT2D eigenvalue weighted by atomic mass is 10.2. The third-order valence-electron chi connectivity index (χ3n) is 3.61. The van der Waals surface area contributed by atoms with Gasteiger partial charge in [0.15, 0.2) is 4.80 Å². The Morgan fingerprint density at radius 1 is 1.26 bits per heavy atom. The van der Waals surface area contributed by atoms with Crippen molar-refractivity contribution in [2.75, 3.05) is 6.61 Å². The molecule has 0 N–H and O–H groups in total. The van der Waals surface area contributed by atoms with Crippen LogP contribution < -0.4 is 4.80 Å². The molecule has 0 atom stereocenters. The summed E-state index contributed by atoms with van der Waals surface area (Å²) in [5.41, 5.74) is 0.131. The van der Waals surface area contributed by atoms with Gasteiger partial charge in [-0.1, -0.05) is 29.0 Å². The van der Waals surface area contributed by atoms with E-state index < -0.39 is 23.5 Å². The van der Waals surface area contributed by atoms with Crippen LogP contribution in [0.15, 0.2) is 41.4 Å². The van der Waals surface area contributed by atoms with E-state index in [1.165, 1.54) is 34.9 Å². The van der Waals surface area contributed by atoms with Gasteiger partial charge in [0, 0.05) is 0 Å². The van der Waals surface area contributed by atoms with E-state index in [1.807, 2.05) is 0 Å². The van der Waals surface area contributed by atoms with Gasteiger partial charge >= 0.3 is 5.97 Å². The number of hydrogen-bond acceptors (Lipinski definition) is 4. The summed E-state index contributed by atoms with van der Waals surface area (Å²) in [6, 6.07) is 7.82. The summed E-state index contributed by atoms with van der Waals surface area (Å²) in [5, 5.41) is -0.0761. The second-order valence-corrected chi connectivity index (χ2v) is 6.82. The topological polar surface area (TPSA) is 60.7 Å². The first kappa shape index (κ1) is 19.2. The van der Waals surface area contributed by atoms with E-state index in [9.17, 15) is 18.4 Å². The van der Waals surface area contributed by atoms with Crippen molar-refractivity contribution in [3.63, 3.8) is 0 Å². The molecule has 0 saturated carbocycles. The van der Waals surface area contributed by atoms with Crippen molar-refractivity contribution < 1.29 is 23.1 Å². The second-order valence-electron chi connectivity index (χ2n) is 5.40. The number of benzene rings is 2. The highest BCUT2D eigenvalue weighted by molar-refractivity contribution is 7.16. The van der Waals surface area contributed by atoms with Gasteiger partial charge in [-0.25, -0.2) is 8.78 Å². The molecule has 9 heteroatoms. The van der Waals surface area contributed by atoms with Crippen LogP contribution in [-0.2, 0) is 16.1 Å². The predicted octanol–water partition coefficient (Wildman–Crippen LogP) is 3.94. The standard InChI is InChI=1S/C18H13ClF2N2O3S/c1-2-26-15(24)9-23-13-7-6-10(20)8-14(13)27-18(23)22-17(25)16-11(19)4-3-5-12(16)21/h3-8H,2,9H2,1H3. The zero-order chi connectivity index (χ0) is 19.6. The highest BCUT2D eigenvalue weighted by atomic mass is 35.5. The molecule has 2 aromatic carbocycles. The smallest absolute Gasteiger partial charge is 0.326 e. The van der Waals surface area contributed by atoms with E-state index in [4.69, 9.17) is 16.3 Å². The van der Waals surface area contributed by atoms with E-state index in [0.29, 0.717) is 10.2 Å². The fourth-order valence-electron chi connectivity index (χ4n) is 2.47. The van der Waals surface area contributed by atoms with Gasteiger partial charge in [0.1, 0.15) is 18.2 Å². The average molecular weight is 411 g/mol. The molecular weight excluding hydrogens is 398 g/mol. The zero-order valence-corrected chi connectivity index (χ0v) is 15.6. The monoisotopic (exact) mass is 410 g/mol. The molecule has 5 nitrogen and oxygen atoms in total. The van der Waals surface area contributed by atoms with Crippen molar-refractivity contribution in [1.82, 2.24) is 4.57 Å². The van der Waals surface area contributed by atoms with Gasteiger partial charge in [-0.05, 0) is 37.3 Å². The number of ether oxygens (including phenoxy) is 1. The number of aromatic nitrogens is 1. The minimum Gasteiger partial charge on any atom is -0.465 e. The molecule has 27 heavy (non-hydrogen) atoms. The number of nitrogens with zero attached hydrogens (tertiary/aromatic N) is 2. The Bertz CT molecular complexity index is 1090. The molecule has 0 aliphatic heterocycles. The van der Waals surface area contributed by atoms with Crippen LogP contribution >= 0.6 is 22.9 Å². The van der Waals surface area contributed by atoms with Gasteiger partial charge in [-0.3, -0.25) is 9.59 Å². The van der Waals surface area contributed by atoms with Gasteiger partial charge < -0.3 is 9.30 Å². The summed E-state index contributed by atoms with van der Waals surface area (Å²) in [4.78, 5) is 28.4. The molecule has 1 aromatic heterocycles. The summed E-state index contributed by atoms with van der Waals surface area (Å²) >= 11 is 6.90. The van der Waals surface area contributed by atoms with Crippen molar-refractivity contribution in [2.24, 2.45) is 4.99 Å². The number of esters is 1. The average Bonchev–Trinajstić information content (AvgIpc) is 2.91. The molecule has 0 radical (unpaired) electrons. The summed E-state index contributed by atoms with van der Waals surface area (Å²) in [7, 11) is 0. The van der Waals surface area contributed by atoms with Crippen molar-refractivity contribution in [3.05, 3.63) is 63.4 Å². The van der Waals surface area contributed by atoms with Crippen LogP contribution in [0.4, 0.5) is 8.78 Å². The van der Waals surface area contributed by atoms with E-state index >= 15 is 0 Å². The Kier molecular flexibility index (Phi) is 5.67. The molecule has 0 spiro atoms. The van der Waals surface area contributed by atoms with Crippen molar-refractivity contribution in [1.29, 1.82) is 0 Å². The molecule has 140 valence electrons. The van der Waals surface area contributed by atoms with Gasteiger partial charge in [-0.15, -0.1) is 0 Å². The quantitative estimate of drug-likeness (QED) is 0.612. The van der Waals surface area contributed by atoms with E-state index in [-0.39, 0.29) is 28.5 Å². The number of fused-ring (bicyclic) bond motifs is 1. The number of rotatable bonds is 4. The molecule has 1 heterocycles. The third-order valence-corrected chi connectivity index (χ3v) is 4.97. The minimum atomic E-state index is -0.900. The Balaban J connectivity index is 2.16. The maximum Gasteiger partial charge on any atom is 0.326 e. The molecule has 0 fully saturated rings. The number of thiazole rings is 1. The van der Waals surface area contributed by atoms with Crippen LogP contribution in [0.1, 0.15) is 17.3 Å². The lowest BCUT2D eigenvalue weighted by molar-refractivity contribution is -0.143. The summed E-state index contributed by atoms with van der Waals surface area (Å²) in [6.45, 7) is 1.63. The van der Waals surface area contributed by atoms with Gasteiger partial charge in [0.05, 0.1) is 27.4 Å². The number of hydrogen-bond donors (Lipinski definition) is 0. The SMILES string of the molecule is CCOC(=O)Cn1c(=NC(=O)c2c(F)cccc2Cl)sc2cc(F)ccc21. The van der Waals surface area contributed by atoms with Gasteiger partial charge in [-0.2, -0.15) is 4.99 Å². The minimum absolute atomic E-state index is 0.0761. The Hall–Kier alpha value is -2.58. The zero-order valence-electron chi connectivity index (χ0n) is 14.0. The van der Waals surface area contributed by atoms with Crippen LogP contribution in [0.2, 0.25) is 5.02 Å². The molecular formula is C18H13ClF2N2O3S. The van der Waals surface area contributed by atoms with Gasteiger partial charge in [0.25, 0.3) is 5.91 Å². The molecule has 0 unspecified atom stereocenters. The fraction of sp³-hybridized carbons (Fsp3) is 0.167. The number of carbonyl (C=O) groups is 2. The van der Waals surface area contributed by atoms with Crippen molar-refractivity contribution >= 4 is 45.0 Å². The van der Waals surface area contributed by atoms with Crippen LogP contribution in [0.5, 0.6) is 0 Å². The molecule has 3 aromatic rings. The number of halogens is 3. The van der Waals surface area contributed by atoms with Crippen molar-refractivity contribution in [2.45, 2.75) is 13.5 Å². The Morgan fingerprint density at radius 3 is 2.74 bits per heavy atom. The maximum atomic E-state index is 14.0. The van der Waals surface area contributed by atoms with E-state index in [0.717, 1.165) is 17.4 Å². The molecule has 0 aliphatic rings. The highest BCUT2D eigenvalue weighted by Gasteiger charge is 2.17. The van der Waals surface area contributed by atoms with Crippen LogP contribution in [0.25, 0.3) is 10.2 Å². The first-order valence-electron chi connectivity index (χ1n) is 7.88. The number of amides is 1. The number of carbonyl (C=O) groups excluding carboxylic acids is 2. The largest absolute Gasteiger partial charge is 0.465 e. The van der Waals surface area contributed by atoms with Gasteiger partial charge in [0.2, 0.25) is 0 Å². The predicted molar refractivity (Wildman–Crippen MR) is 97.7 cm³/mol. The highest BCUT2D eigenvalue weighted by Crippen LogP contribution is 2.21. The van der Waals surface area contributed by atoms with Crippen LogP contribution in [-0.4, -0.2) is 23.1 Å². The Morgan fingerprint density at radius 2 is 2.04 bits per heavy atom. The molecule has 1 amide bonds. The van der Waals surface area contributed by atoms with Crippen LogP contribution in [0, 0.1) is 11.6 Å². The maximum absolute atomic E-state index is 14.0. The lowest BCUT2D eigenvalue weighted by Gasteiger charge is -2.05. The van der Waals surface area contributed by atoms with E-state index in [2.05, 4.69) is 4.99 Å². The molecule has 0 aliphatic carbocycles. The molecule has 0 saturated heterocycles. The first-order chi connectivity index (χ1) is 12.9.